The second-order valence-electron chi connectivity index (χ2n) is 4.07. The summed E-state index contributed by atoms with van der Waals surface area (Å²) < 4.78 is 15.5. The molecule has 4 nitrogen and oxygen atoms in total. The predicted molar refractivity (Wildman–Crippen MR) is 70.4 cm³/mol. The number of nitrogens with two attached hydrogens (primary N) is 1. The topological polar surface area (TPSA) is 56.7 Å². The van der Waals surface area contributed by atoms with Crippen LogP contribution in [-0.2, 0) is 6.54 Å². The molecule has 1 aromatic heterocycles. The highest BCUT2D eigenvalue weighted by atomic mass is 79.9. The molecule has 2 rings (SSSR count). The van der Waals surface area contributed by atoms with Gasteiger partial charge in [0.05, 0.1) is 29.0 Å². The lowest BCUT2D eigenvalue weighted by Gasteiger charge is -2.05. The van der Waals surface area contributed by atoms with E-state index in [0.29, 0.717) is 11.0 Å². The Morgan fingerprint density at radius 3 is 3.00 bits per heavy atom. The van der Waals surface area contributed by atoms with E-state index in [1.807, 2.05) is 13.0 Å². The van der Waals surface area contributed by atoms with Gasteiger partial charge in [-0.05, 0) is 34.0 Å². The number of hydrogen-bond acceptors (Lipinski definition) is 3. The van der Waals surface area contributed by atoms with Crippen molar-refractivity contribution in [1.82, 2.24) is 15.0 Å². The number of halogens is 2. The smallest absolute Gasteiger partial charge is 0.137 e. The first-order valence-corrected chi connectivity index (χ1v) is 6.49. The monoisotopic (exact) mass is 312 g/mol. The SMILES string of the molecule is CCC(N)c1cn(Cc2cccc(F)c2Br)nn1. The van der Waals surface area contributed by atoms with E-state index in [1.54, 1.807) is 16.9 Å². The zero-order chi connectivity index (χ0) is 13.1. The van der Waals surface area contributed by atoms with Crippen LogP contribution in [0.4, 0.5) is 4.39 Å². The Morgan fingerprint density at radius 2 is 2.28 bits per heavy atom. The lowest BCUT2D eigenvalue weighted by atomic mass is 10.2. The molecule has 96 valence electrons. The van der Waals surface area contributed by atoms with Crippen LogP contribution in [-0.4, -0.2) is 15.0 Å². The van der Waals surface area contributed by atoms with Crippen LogP contribution in [0, 0.1) is 5.82 Å². The molecule has 2 aromatic rings. The van der Waals surface area contributed by atoms with Gasteiger partial charge in [0, 0.05) is 0 Å². The van der Waals surface area contributed by atoms with Crippen LogP contribution in [0.25, 0.3) is 0 Å². The van der Waals surface area contributed by atoms with Gasteiger partial charge in [-0.2, -0.15) is 0 Å². The standard InChI is InChI=1S/C12H14BrFN4/c1-2-10(15)11-7-18(17-16-11)6-8-4-3-5-9(14)12(8)13/h3-5,7,10H,2,6,15H2,1H3. The molecule has 0 saturated carbocycles. The van der Waals surface area contributed by atoms with Crippen molar-refractivity contribution in [2.75, 3.05) is 0 Å². The van der Waals surface area contributed by atoms with Crippen LogP contribution in [0.3, 0.4) is 0 Å². The van der Waals surface area contributed by atoms with Gasteiger partial charge in [0.25, 0.3) is 0 Å². The lowest BCUT2D eigenvalue weighted by molar-refractivity contribution is 0.606. The maximum atomic E-state index is 13.4. The summed E-state index contributed by atoms with van der Waals surface area (Å²) in [6.45, 7) is 2.45. The molecule has 0 saturated heterocycles. The van der Waals surface area contributed by atoms with E-state index in [0.717, 1.165) is 17.7 Å². The van der Waals surface area contributed by atoms with E-state index >= 15 is 0 Å². The lowest BCUT2D eigenvalue weighted by Crippen LogP contribution is -2.08. The molecule has 0 aliphatic heterocycles. The zero-order valence-electron chi connectivity index (χ0n) is 9.98. The Morgan fingerprint density at radius 1 is 1.50 bits per heavy atom. The Kier molecular flexibility index (Phi) is 4.08. The first-order valence-electron chi connectivity index (χ1n) is 5.70. The van der Waals surface area contributed by atoms with Gasteiger partial charge in [-0.1, -0.05) is 24.3 Å². The predicted octanol–water partition coefficient (Wildman–Crippen LogP) is 2.64. The summed E-state index contributed by atoms with van der Waals surface area (Å²) in [5.41, 5.74) is 7.44. The van der Waals surface area contributed by atoms with Crippen molar-refractivity contribution < 1.29 is 4.39 Å². The second-order valence-corrected chi connectivity index (χ2v) is 4.86. The molecule has 1 heterocycles. The molecule has 1 atom stereocenters. The van der Waals surface area contributed by atoms with Gasteiger partial charge in [0.15, 0.2) is 0 Å². The highest BCUT2D eigenvalue weighted by molar-refractivity contribution is 9.10. The van der Waals surface area contributed by atoms with E-state index in [9.17, 15) is 4.39 Å². The molecular formula is C12H14BrFN4. The van der Waals surface area contributed by atoms with Crippen molar-refractivity contribution in [3.05, 3.63) is 45.9 Å². The third-order valence-electron chi connectivity index (χ3n) is 2.74. The van der Waals surface area contributed by atoms with Gasteiger partial charge in [0.1, 0.15) is 5.82 Å². The van der Waals surface area contributed by atoms with Crippen LogP contribution in [0.2, 0.25) is 0 Å². The molecule has 0 fully saturated rings. The van der Waals surface area contributed by atoms with Crippen molar-refractivity contribution in [2.45, 2.75) is 25.9 Å². The second kappa shape index (κ2) is 5.58. The Labute approximate surface area is 113 Å². The molecule has 0 radical (unpaired) electrons. The normalized spacial score (nSPS) is 12.7. The molecule has 1 unspecified atom stereocenters. The summed E-state index contributed by atoms with van der Waals surface area (Å²) in [6, 6.07) is 4.82. The van der Waals surface area contributed by atoms with Gasteiger partial charge in [-0.25, -0.2) is 9.07 Å². The molecule has 6 heteroatoms. The maximum absolute atomic E-state index is 13.4. The van der Waals surface area contributed by atoms with Crippen molar-refractivity contribution in [3.63, 3.8) is 0 Å². The van der Waals surface area contributed by atoms with E-state index in [4.69, 9.17) is 5.73 Å². The molecule has 0 aliphatic rings. The number of hydrogen-bond donors (Lipinski definition) is 1. The average molecular weight is 313 g/mol. The summed E-state index contributed by atoms with van der Waals surface area (Å²) in [5, 5.41) is 8.01. The number of benzene rings is 1. The minimum Gasteiger partial charge on any atom is -0.323 e. The van der Waals surface area contributed by atoms with E-state index in [2.05, 4.69) is 26.2 Å². The van der Waals surface area contributed by atoms with E-state index in [1.165, 1.54) is 6.07 Å². The molecule has 0 bridgehead atoms. The molecule has 0 amide bonds. The fraction of sp³-hybridized carbons (Fsp3) is 0.333. The van der Waals surface area contributed by atoms with Crippen molar-refractivity contribution in [2.24, 2.45) is 5.73 Å². The van der Waals surface area contributed by atoms with E-state index < -0.39 is 0 Å². The molecule has 0 spiro atoms. The van der Waals surface area contributed by atoms with Crippen molar-refractivity contribution in [3.8, 4) is 0 Å². The Balaban J connectivity index is 2.19. The minimum atomic E-state index is -0.280. The summed E-state index contributed by atoms with van der Waals surface area (Å²) in [4.78, 5) is 0. The first-order chi connectivity index (χ1) is 8.61. The number of aromatic nitrogens is 3. The quantitative estimate of drug-likeness (QED) is 0.944. The van der Waals surface area contributed by atoms with E-state index in [-0.39, 0.29) is 11.9 Å². The minimum absolute atomic E-state index is 0.102. The fourth-order valence-corrected chi connectivity index (χ4v) is 2.00. The molecule has 2 N–H and O–H groups in total. The van der Waals surface area contributed by atoms with Crippen molar-refractivity contribution in [1.29, 1.82) is 0 Å². The van der Waals surface area contributed by atoms with Crippen LogP contribution >= 0.6 is 15.9 Å². The van der Waals surface area contributed by atoms with Gasteiger partial charge in [-0.3, -0.25) is 0 Å². The Hall–Kier alpha value is -1.27. The largest absolute Gasteiger partial charge is 0.323 e. The molecule has 1 aromatic carbocycles. The third-order valence-corrected chi connectivity index (χ3v) is 3.63. The van der Waals surface area contributed by atoms with Gasteiger partial charge >= 0.3 is 0 Å². The Bertz CT molecular complexity index is 541. The van der Waals surface area contributed by atoms with Crippen LogP contribution in [0.15, 0.2) is 28.9 Å². The van der Waals surface area contributed by atoms with Crippen molar-refractivity contribution >= 4 is 15.9 Å². The van der Waals surface area contributed by atoms with Crippen LogP contribution in [0.1, 0.15) is 30.6 Å². The highest BCUT2D eigenvalue weighted by Gasteiger charge is 2.10. The molecule has 0 aliphatic carbocycles. The zero-order valence-corrected chi connectivity index (χ0v) is 11.6. The summed E-state index contributed by atoms with van der Waals surface area (Å²) in [6.07, 6.45) is 2.61. The first kappa shape index (κ1) is 13.2. The van der Waals surface area contributed by atoms with Gasteiger partial charge in [0.2, 0.25) is 0 Å². The van der Waals surface area contributed by atoms with Gasteiger partial charge in [-0.15, -0.1) is 5.10 Å². The highest BCUT2D eigenvalue weighted by Crippen LogP contribution is 2.21. The average Bonchev–Trinajstić information content (AvgIpc) is 2.82. The summed E-state index contributed by atoms with van der Waals surface area (Å²) in [5.74, 6) is -0.280. The summed E-state index contributed by atoms with van der Waals surface area (Å²) >= 11 is 3.23. The number of nitrogens with zero attached hydrogens (tertiary/aromatic N) is 3. The third kappa shape index (κ3) is 2.76. The molecular weight excluding hydrogens is 299 g/mol. The maximum Gasteiger partial charge on any atom is 0.137 e. The van der Waals surface area contributed by atoms with Crippen LogP contribution in [0.5, 0.6) is 0 Å². The number of rotatable bonds is 4. The van der Waals surface area contributed by atoms with Gasteiger partial charge < -0.3 is 5.73 Å². The van der Waals surface area contributed by atoms with Crippen LogP contribution < -0.4 is 5.73 Å². The fourth-order valence-electron chi connectivity index (χ4n) is 1.61. The molecule has 18 heavy (non-hydrogen) atoms. The summed E-state index contributed by atoms with van der Waals surface area (Å²) in [7, 11) is 0.